The molecule has 3 nitrogen and oxygen atoms in total. The Bertz CT molecular complexity index is 511. The van der Waals surface area contributed by atoms with Crippen molar-refractivity contribution < 1.29 is 4.79 Å². The van der Waals surface area contributed by atoms with Crippen LogP contribution in [0.2, 0.25) is 0 Å². The van der Waals surface area contributed by atoms with Crippen molar-refractivity contribution in [2.75, 3.05) is 0 Å². The number of carbonyl (C=O) groups excluding carboxylic acids is 1. The topological polar surface area (TPSA) is 34.9 Å². The van der Waals surface area contributed by atoms with Gasteiger partial charge in [-0.25, -0.2) is 4.98 Å². The van der Waals surface area contributed by atoms with E-state index in [4.69, 9.17) is 0 Å². The molecule has 0 fully saturated rings. The van der Waals surface area contributed by atoms with Crippen LogP contribution in [0.15, 0.2) is 12.1 Å². The molecule has 2 aromatic rings. The molecule has 0 N–H and O–H groups in total. The summed E-state index contributed by atoms with van der Waals surface area (Å²) in [6.45, 7) is 4.10. The van der Waals surface area contributed by atoms with Gasteiger partial charge in [0.15, 0.2) is 12.1 Å². The van der Waals surface area contributed by atoms with E-state index in [1.54, 1.807) is 0 Å². The average molecular weight is 188 g/mol. The van der Waals surface area contributed by atoms with Crippen LogP contribution in [0.5, 0.6) is 0 Å². The molecule has 0 spiro atoms. The Morgan fingerprint density at radius 3 is 2.57 bits per heavy atom. The van der Waals surface area contributed by atoms with E-state index in [1.165, 1.54) is 11.1 Å². The summed E-state index contributed by atoms with van der Waals surface area (Å²) in [6, 6.07) is 4.07. The molecule has 0 atom stereocenters. The number of aromatic nitrogens is 2. The standard InChI is InChI=1S/C11H12N2O/c1-7-4-9-10(5-8(7)2)13(3)11(6-14)12-9/h4-6H,1-3H3. The third kappa shape index (κ3) is 1.13. The monoisotopic (exact) mass is 188 g/mol. The van der Waals surface area contributed by atoms with Gasteiger partial charge in [0.1, 0.15) is 0 Å². The maximum absolute atomic E-state index is 10.7. The van der Waals surface area contributed by atoms with E-state index in [0.717, 1.165) is 17.3 Å². The minimum Gasteiger partial charge on any atom is -0.325 e. The van der Waals surface area contributed by atoms with Gasteiger partial charge in [0, 0.05) is 7.05 Å². The van der Waals surface area contributed by atoms with Gasteiger partial charge in [0.25, 0.3) is 0 Å². The fourth-order valence-electron chi connectivity index (χ4n) is 1.57. The Hall–Kier alpha value is -1.64. The average Bonchev–Trinajstić information content (AvgIpc) is 2.45. The fraction of sp³-hybridized carbons (Fsp3) is 0.273. The lowest BCUT2D eigenvalue weighted by atomic mass is 10.1. The molecule has 0 aliphatic carbocycles. The maximum Gasteiger partial charge on any atom is 0.185 e. The Morgan fingerprint density at radius 2 is 1.93 bits per heavy atom. The summed E-state index contributed by atoms with van der Waals surface area (Å²) >= 11 is 0. The number of rotatable bonds is 1. The Morgan fingerprint density at radius 1 is 1.29 bits per heavy atom. The molecule has 2 rings (SSSR count). The smallest absolute Gasteiger partial charge is 0.185 e. The van der Waals surface area contributed by atoms with Crippen molar-refractivity contribution in [1.29, 1.82) is 0 Å². The summed E-state index contributed by atoms with van der Waals surface area (Å²) in [7, 11) is 1.86. The van der Waals surface area contributed by atoms with Gasteiger partial charge in [-0.1, -0.05) is 0 Å². The van der Waals surface area contributed by atoms with Crippen LogP contribution in [0.25, 0.3) is 11.0 Å². The molecule has 14 heavy (non-hydrogen) atoms. The third-order valence-corrected chi connectivity index (χ3v) is 2.64. The number of carbonyl (C=O) groups is 1. The predicted octanol–water partition coefficient (Wildman–Crippen LogP) is 2.00. The van der Waals surface area contributed by atoms with E-state index in [9.17, 15) is 4.79 Å². The first-order valence-electron chi connectivity index (χ1n) is 4.52. The molecule has 1 aromatic carbocycles. The summed E-state index contributed by atoms with van der Waals surface area (Å²) < 4.78 is 1.81. The SMILES string of the molecule is Cc1cc2nc(C=O)n(C)c2cc1C. The number of benzene rings is 1. The lowest BCUT2D eigenvalue weighted by Crippen LogP contribution is -1.94. The van der Waals surface area contributed by atoms with Crippen molar-refractivity contribution in [3.8, 4) is 0 Å². The molecular formula is C11H12N2O. The molecule has 0 radical (unpaired) electrons. The molecule has 1 aromatic heterocycles. The number of fused-ring (bicyclic) bond motifs is 1. The molecule has 1 heterocycles. The van der Waals surface area contributed by atoms with Gasteiger partial charge < -0.3 is 4.57 Å². The Kier molecular flexibility index (Phi) is 1.88. The van der Waals surface area contributed by atoms with Crippen LogP contribution < -0.4 is 0 Å². The van der Waals surface area contributed by atoms with E-state index in [-0.39, 0.29) is 0 Å². The minimum absolute atomic E-state index is 0.477. The van der Waals surface area contributed by atoms with Crippen molar-refractivity contribution in [2.45, 2.75) is 13.8 Å². The van der Waals surface area contributed by atoms with Crippen LogP contribution in [0.4, 0.5) is 0 Å². The molecule has 72 valence electrons. The zero-order chi connectivity index (χ0) is 10.3. The van der Waals surface area contributed by atoms with Gasteiger partial charge in [0.05, 0.1) is 11.0 Å². The van der Waals surface area contributed by atoms with Crippen LogP contribution in [0.1, 0.15) is 21.7 Å². The normalized spacial score (nSPS) is 10.8. The third-order valence-electron chi connectivity index (χ3n) is 2.64. The zero-order valence-corrected chi connectivity index (χ0v) is 8.53. The molecule has 0 unspecified atom stereocenters. The maximum atomic E-state index is 10.7. The lowest BCUT2D eigenvalue weighted by Gasteiger charge is -2.00. The van der Waals surface area contributed by atoms with E-state index >= 15 is 0 Å². The van der Waals surface area contributed by atoms with E-state index in [0.29, 0.717) is 5.82 Å². The van der Waals surface area contributed by atoms with Crippen LogP contribution in [-0.4, -0.2) is 15.8 Å². The van der Waals surface area contributed by atoms with E-state index < -0.39 is 0 Å². The van der Waals surface area contributed by atoms with Gasteiger partial charge in [-0.3, -0.25) is 4.79 Å². The molecule has 0 bridgehead atoms. The van der Waals surface area contributed by atoms with Crippen molar-refractivity contribution in [3.63, 3.8) is 0 Å². The van der Waals surface area contributed by atoms with Crippen LogP contribution >= 0.6 is 0 Å². The number of aryl methyl sites for hydroxylation is 3. The Balaban J connectivity index is 2.86. The van der Waals surface area contributed by atoms with E-state index in [2.05, 4.69) is 18.0 Å². The van der Waals surface area contributed by atoms with Crippen molar-refractivity contribution in [2.24, 2.45) is 7.05 Å². The second-order valence-corrected chi connectivity index (χ2v) is 3.57. The minimum atomic E-state index is 0.477. The fourth-order valence-corrected chi connectivity index (χ4v) is 1.57. The number of imidazole rings is 1. The van der Waals surface area contributed by atoms with Gasteiger partial charge in [-0.2, -0.15) is 0 Å². The second kappa shape index (κ2) is 2.94. The van der Waals surface area contributed by atoms with Crippen LogP contribution in [-0.2, 0) is 7.05 Å². The molecule has 3 heteroatoms. The van der Waals surface area contributed by atoms with Crippen LogP contribution in [0.3, 0.4) is 0 Å². The number of hydrogen-bond donors (Lipinski definition) is 0. The molecule has 0 amide bonds. The second-order valence-electron chi connectivity index (χ2n) is 3.57. The zero-order valence-electron chi connectivity index (χ0n) is 8.53. The highest BCUT2D eigenvalue weighted by Gasteiger charge is 2.07. The van der Waals surface area contributed by atoms with Gasteiger partial charge in [-0.05, 0) is 37.1 Å². The summed E-state index contributed by atoms with van der Waals surface area (Å²) in [5.74, 6) is 0.477. The number of hydrogen-bond acceptors (Lipinski definition) is 2. The molecular weight excluding hydrogens is 176 g/mol. The highest BCUT2D eigenvalue weighted by molar-refractivity contribution is 5.84. The predicted molar refractivity (Wildman–Crippen MR) is 55.6 cm³/mol. The summed E-state index contributed by atoms with van der Waals surface area (Å²) in [6.07, 6.45) is 0.782. The molecule has 0 aliphatic rings. The Labute approximate surface area is 82.4 Å². The first-order chi connectivity index (χ1) is 6.63. The van der Waals surface area contributed by atoms with Crippen molar-refractivity contribution in [3.05, 3.63) is 29.1 Å². The van der Waals surface area contributed by atoms with E-state index in [1.807, 2.05) is 24.6 Å². The largest absolute Gasteiger partial charge is 0.325 e. The van der Waals surface area contributed by atoms with Crippen molar-refractivity contribution in [1.82, 2.24) is 9.55 Å². The van der Waals surface area contributed by atoms with Gasteiger partial charge in [-0.15, -0.1) is 0 Å². The summed E-state index contributed by atoms with van der Waals surface area (Å²) in [4.78, 5) is 14.9. The summed E-state index contributed by atoms with van der Waals surface area (Å²) in [5, 5.41) is 0. The number of nitrogens with zero attached hydrogens (tertiary/aromatic N) is 2. The highest BCUT2D eigenvalue weighted by atomic mass is 16.1. The lowest BCUT2D eigenvalue weighted by molar-refractivity contribution is 0.111. The van der Waals surface area contributed by atoms with Crippen molar-refractivity contribution >= 4 is 17.3 Å². The first-order valence-corrected chi connectivity index (χ1v) is 4.52. The molecule has 0 saturated heterocycles. The van der Waals surface area contributed by atoms with Gasteiger partial charge in [0.2, 0.25) is 0 Å². The van der Waals surface area contributed by atoms with Crippen LogP contribution in [0, 0.1) is 13.8 Å². The quantitative estimate of drug-likeness (QED) is 0.641. The van der Waals surface area contributed by atoms with Gasteiger partial charge >= 0.3 is 0 Å². The molecule has 0 saturated carbocycles. The molecule has 0 aliphatic heterocycles. The number of aldehydes is 1. The summed E-state index contributed by atoms with van der Waals surface area (Å²) in [5.41, 5.74) is 4.32. The first kappa shape index (κ1) is 8.94. The highest BCUT2D eigenvalue weighted by Crippen LogP contribution is 2.18.